The fourth-order valence-electron chi connectivity index (χ4n) is 3.48. The first-order valence-corrected chi connectivity index (χ1v) is 12.1. The third kappa shape index (κ3) is 6.40. The second-order valence-corrected chi connectivity index (χ2v) is 9.97. The molecule has 1 heterocycles. The Balaban J connectivity index is 2.20. The summed E-state index contributed by atoms with van der Waals surface area (Å²) in [6.45, 7) is 3.12. The second kappa shape index (κ2) is 9.70. The van der Waals surface area contributed by atoms with E-state index >= 15 is 0 Å². The van der Waals surface area contributed by atoms with Crippen LogP contribution in [-0.2, 0) is 16.3 Å². The molecule has 0 bridgehead atoms. The van der Waals surface area contributed by atoms with Crippen LogP contribution >= 0.6 is 0 Å². The molecule has 2 aromatic carbocycles. The molecule has 0 radical (unpaired) electrons. The first-order chi connectivity index (χ1) is 16.2. The van der Waals surface area contributed by atoms with Crippen LogP contribution in [0.2, 0.25) is 0 Å². The molecule has 0 aliphatic rings. The molecule has 12 heteroatoms. The van der Waals surface area contributed by atoms with Crippen LogP contribution in [0.25, 0.3) is 0 Å². The molecule has 1 amide bonds. The lowest BCUT2D eigenvalue weighted by Crippen LogP contribution is -2.28. The van der Waals surface area contributed by atoms with Crippen LogP contribution in [0.3, 0.4) is 0 Å². The van der Waals surface area contributed by atoms with Crippen molar-refractivity contribution in [2.75, 3.05) is 11.2 Å². The number of hydrogen-bond acceptors (Lipinski definition) is 5. The average molecular weight is 514 g/mol. The van der Waals surface area contributed by atoms with Crippen LogP contribution in [0.1, 0.15) is 28.7 Å². The number of aryl methyl sites for hydroxylation is 1. The monoisotopic (exact) mass is 514 g/mol. The van der Waals surface area contributed by atoms with Crippen LogP contribution in [0.15, 0.2) is 53.4 Å². The minimum absolute atomic E-state index is 0.0127. The third-order valence-corrected chi connectivity index (χ3v) is 6.06. The predicted octanol–water partition coefficient (Wildman–Crippen LogP) is 4.67. The van der Waals surface area contributed by atoms with Gasteiger partial charge in [0.25, 0.3) is 5.91 Å². The maximum atomic E-state index is 13.8. The Bertz CT molecular complexity index is 1330. The topological polar surface area (TPSA) is 99.7 Å². The number of anilines is 2. The number of nitrogens with one attached hydrogen (secondary N) is 1. The summed E-state index contributed by atoms with van der Waals surface area (Å²) >= 11 is 0. The number of sulfone groups is 1. The lowest BCUT2D eigenvalue weighted by molar-refractivity contribution is -0.274. The van der Waals surface area contributed by atoms with Crippen molar-refractivity contribution in [3.05, 3.63) is 71.3 Å². The van der Waals surface area contributed by atoms with E-state index in [2.05, 4.69) is 9.72 Å². The number of rotatable bonds is 7. The molecule has 1 atom stereocenters. The minimum atomic E-state index is -5.17. The molecule has 1 aromatic heterocycles. The molecule has 0 unspecified atom stereocenters. The first kappa shape index (κ1) is 26.2. The Kier molecular flexibility index (Phi) is 7.27. The van der Waals surface area contributed by atoms with Crippen LogP contribution in [-0.4, -0.2) is 43.1 Å². The lowest BCUT2D eigenvalue weighted by atomic mass is 10.1. The molecule has 35 heavy (non-hydrogen) atoms. The molecule has 7 nitrogen and oxygen atoms in total. The van der Waals surface area contributed by atoms with Gasteiger partial charge in [-0.05, 0) is 56.3 Å². The second-order valence-electron chi connectivity index (χ2n) is 7.95. The number of carbonyl (C=O) groups excluding carboxylic acids is 1. The summed E-state index contributed by atoms with van der Waals surface area (Å²) in [5.41, 5.74) is 0.565. The van der Waals surface area contributed by atoms with E-state index in [4.69, 9.17) is 0 Å². The Morgan fingerprint density at radius 2 is 1.77 bits per heavy atom. The summed E-state index contributed by atoms with van der Waals surface area (Å²) in [6, 6.07) is 8.65. The van der Waals surface area contributed by atoms with E-state index in [-0.39, 0.29) is 22.6 Å². The number of alkyl halides is 3. The summed E-state index contributed by atoms with van der Waals surface area (Å²) in [5.74, 6) is -2.78. The van der Waals surface area contributed by atoms with Crippen LogP contribution in [0, 0.1) is 12.7 Å². The number of carbonyl (C=O) groups is 1. The van der Waals surface area contributed by atoms with Gasteiger partial charge in [-0.15, -0.1) is 13.2 Å². The van der Waals surface area contributed by atoms with Crippen molar-refractivity contribution in [1.82, 2.24) is 4.98 Å². The molecule has 0 fully saturated rings. The number of halogens is 4. The number of benzene rings is 2. The number of aromatic nitrogens is 1. The van der Waals surface area contributed by atoms with Gasteiger partial charge >= 0.3 is 6.36 Å². The number of ether oxygens (including phenoxy) is 1. The molecular weight excluding hydrogens is 492 g/mol. The van der Waals surface area contributed by atoms with Gasteiger partial charge in [0.15, 0.2) is 15.6 Å². The van der Waals surface area contributed by atoms with Gasteiger partial charge in [-0.2, -0.15) is 0 Å². The fourth-order valence-corrected chi connectivity index (χ4v) is 4.12. The van der Waals surface area contributed by atoms with Gasteiger partial charge in [0, 0.05) is 35.8 Å². The molecule has 0 aliphatic carbocycles. The zero-order chi connectivity index (χ0) is 26.1. The van der Waals surface area contributed by atoms with Crippen molar-refractivity contribution in [1.29, 1.82) is 0 Å². The van der Waals surface area contributed by atoms with E-state index in [1.165, 1.54) is 30.3 Å². The first-order valence-electron chi connectivity index (χ1n) is 10.2. The van der Waals surface area contributed by atoms with Crippen molar-refractivity contribution in [3.8, 4) is 5.75 Å². The van der Waals surface area contributed by atoms with E-state index in [0.717, 1.165) is 23.3 Å². The molecule has 0 aliphatic heterocycles. The number of aliphatic hydroxyl groups excluding tert-OH is 1. The Labute approximate surface area is 198 Å². The van der Waals surface area contributed by atoms with Crippen molar-refractivity contribution >= 4 is 27.1 Å². The maximum Gasteiger partial charge on any atom is 0.573 e. The molecule has 188 valence electrons. The van der Waals surface area contributed by atoms with Gasteiger partial charge in [0.1, 0.15) is 5.82 Å². The average Bonchev–Trinajstić information content (AvgIpc) is 3.07. The molecule has 0 spiro atoms. The summed E-state index contributed by atoms with van der Waals surface area (Å²) < 4.78 is 80.7. The summed E-state index contributed by atoms with van der Waals surface area (Å²) in [7, 11) is -3.59. The Hall–Kier alpha value is -3.38. The maximum absolute atomic E-state index is 13.8. The number of aromatic amines is 1. The number of nitrogens with zero attached hydrogens (tertiary/aromatic N) is 1. The number of aliphatic hydroxyl groups is 1. The smallest absolute Gasteiger partial charge is 0.403 e. The molecule has 3 aromatic rings. The normalized spacial score (nSPS) is 12.9. The van der Waals surface area contributed by atoms with Crippen LogP contribution in [0.4, 0.5) is 28.9 Å². The predicted molar refractivity (Wildman–Crippen MR) is 120 cm³/mol. The highest BCUT2D eigenvalue weighted by Crippen LogP contribution is 2.39. The van der Waals surface area contributed by atoms with Gasteiger partial charge < -0.3 is 14.8 Å². The van der Waals surface area contributed by atoms with E-state index in [0.29, 0.717) is 17.5 Å². The number of amides is 1. The summed E-state index contributed by atoms with van der Waals surface area (Å²) in [4.78, 5) is 17.4. The highest BCUT2D eigenvalue weighted by Gasteiger charge is 2.35. The van der Waals surface area contributed by atoms with E-state index in [9.17, 15) is 35.9 Å². The highest BCUT2D eigenvalue weighted by atomic mass is 32.2. The van der Waals surface area contributed by atoms with Gasteiger partial charge in [0.05, 0.1) is 22.3 Å². The molecule has 0 saturated heterocycles. The SMILES string of the molecule is Cc1[nH]c(C[C@H](C)O)cc1C(=O)N(c1ccc(S(C)(=O)=O)cc1)c1ccc(F)cc1OC(F)(F)F. The van der Waals surface area contributed by atoms with Crippen molar-refractivity contribution < 1.29 is 40.6 Å². The van der Waals surface area contributed by atoms with Gasteiger partial charge in [-0.1, -0.05) is 0 Å². The van der Waals surface area contributed by atoms with Gasteiger partial charge in [0.2, 0.25) is 0 Å². The molecule has 3 rings (SSSR count). The van der Waals surface area contributed by atoms with Crippen LogP contribution < -0.4 is 9.64 Å². The zero-order valence-corrected chi connectivity index (χ0v) is 19.7. The van der Waals surface area contributed by atoms with E-state index in [1.807, 2.05) is 0 Å². The van der Waals surface area contributed by atoms with Gasteiger partial charge in [-0.3, -0.25) is 9.69 Å². The zero-order valence-electron chi connectivity index (χ0n) is 18.9. The Morgan fingerprint density at radius 3 is 2.31 bits per heavy atom. The van der Waals surface area contributed by atoms with Crippen molar-refractivity contribution in [2.45, 2.75) is 37.6 Å². The third-order valence-electron chi connectivity index (χ3n) is 4.93. The Morgan fingerprint density at radius 1 is 1.14 bits per heavy atom. The summed E-state index contributed by atoms with van der Waals surface area (Å²) in [5, 5.41) is 9.65. The number of hydrogen-bond donors (Lipinski definition) is 2. The minimum Gasteiger partial charge on any atom is -0.403 e. The lowest BCUT2D eigenvalue weighted by Gasteiger charge is -2.26. The highest BCUT2D eigenvalue weighted by molar-refractivity contribution is 7.90. The fraction of sp³-hybridized carbons (Fsp3) is 0.261. The van der Waals surface area contributed by atoms with E-state index < -0.39 is 45.5 Å². The quantitative estimate of drug-likeness (QED) is 0.447. The standard InChI is InChI=1S/C23H22F4N2O5S/c1-13(30)10-16-12-19(14(2)28-16)22(31)29(17-5-7-18(8-6-17)35(3,32)33)20-9-4-15(24)11-21(20)34-23(25,26)27/h4-9,11-13,28,30H,10H2,1-3H3/t13-/m0/s1. The van der Waals surface area contributed by atoms with Crippen molar-refractivity contribution in [3.63, 3.8) is 0 Å². The summed E-state index contributed by atoms with van der Waals surface area (Å²) in [6.07, 6.45) is -4.73. The largest absolute Gasteiger partial charge is 0.573 e. The molecule has 0 saturated carbocycles. The van der Waals surface area contributed by atoms with Crippen molar-refractivity contribution in [2.24, 2.45) is 0 Å². The van der Waals surface area contributed by atoms with E-state index in [1.54, 1.807) is 13.8 Å². The number of H-pyrrole nitrogens is 1. The molecule has 2 N–H and O–H groups in total. The van der Waals surface area contributed by atoms with Crippen LogP contribution in [0.5, 0.6) is 5.75 Å². The molecular formula is C23H22F4N2O5S. The van der Waals surface area contributed by atoms with Gasteiger partial charge in [-0.25, -0.2) is 12.8 Å².